The Balaban J connectivity index is 1.86. The zero-order valence-electron chi connectivity index (χ0n) is 11.2. The van der Waals surface area contributed by atoms with Crippen LogP contribution in [0.25, 0.3) is 11.2 Å². The molecule has 0 aromatic carbocycles. The van der Waals surface area contributed by atoms with Crippen molar-refractivity contribution in [2.75, 3.05) is 11.4 Å². The number of fused-ring (bicyclic) bond motifs is 1. The summed E-state index contributed by atoms with van der Waals surface area (Å²) in [7, 11) is 0. The van der Waals surface area contributed by atoms with Gasteiger partial charge in [-0.1, -0.05) is 0 Å². The van der Waals surface area contributed by atoms with Gasteiger partial charge in [-0.15, -0.1) is 0 Å². The summed E-state index contributed by atoms with van der Waals surface area (Å²) in [5.41, 5.74) is 1.39. The second-order valence-electron chi connectivity index (χ2n) is 5.17. The van der Waals surface area contributed by atoms with Gasteiger partial charge in [-0.05, 0) is 31.9 Å². The van der Waals surface area contributed by atoms with E-state index in [1.807, 2.05) is 19.1 Å². The van der Waals surface area contributed by atoms with Crippen molar-refractivity contribution in [3.63, 3.8) is 0 Å². The predicted octanol–water partition coefficient (Wildman–Crippen LogP) is 1.71. The van der Waals surface area contributed by atoms with E-state index in [4.69, 9.17) is 5.11 Å². The SMILES string of the molecule is CC1CC(C(=O)O)CCN1c1ccc2nccnc2n1. The number of hydrogen-bond acceptors (Lipinski definition) is 5. The van der Waals surface area contributed by atoms with E-state index < -0.39 is 5.97 Å². The van der Waals surface area contributed by atoms with Gasteiger partial charge in [0, 0.05) is 25.0 Å². The molecule has 2 unspecified atom stereocenters. The molecule has 1 fully saturated rings. The van der Waals surface area contributed by atoms with E-state index in [0.29, 0.717) is 25.0 Å². The molecule has 0 amide bonds. The van der Waals surface area contributed by atoms with E-state index in [1.165, 1.54) is 0 Å². The second-order valence-corrected chi connectivity index (χ2v) is 5.17. The number of rotatable bonds is 2. The highest BCUT2D eigenvalue weighted by Gasteiger charge is 2.30. The van der Waals surface area contributed by atoms with Crippen LogP contribution >= 0.6 is 0 Å². The number of anilines is 1. The Hall–Kier alpha value is -2.24. The highest BCUT2D eigenvalue weighted by molar-refractivity contribution is 5.72. The zero-order chi connectivity index (χ0) is 14.1. The quantitative estimate of drug-likeness (QED) is 0.896. The van der Waals surface area contributed by atoms with Crippen molar-refractivity contribution < 1.29 is 9.90 Å². The maximum absolute atomic E-state index is 11.1. The van der Waals surface area contributed by atoms with Crippen molar-refractivity contribution in [3.05, 3.63) is 24.5 Å². The summed E-state index contributed by atoms with van der Waals surface area (Å²) in [6.07, 6.45) is 4.57. The Morgan fingerprint density at radius 3 is 2.90 bits per heavy atom. The molecule has 0 spiro atoms. The summed E-state index contributed by atoms with van der Waals surface area (Å²) in [5.74, 6) is -0.107. The van der Waals surface area contributed by atoms with Gasteiger partial charge in [0.15, 0.2) is 5.65 Å². The molecule has 2 atom stereocenters. The normalized spacial score (nSPS) is 22.9. The number of aliphatic carboxylic acids is 1. The van der Waals surface area contributed by atoms with Crippen molar-refractivity contribution in [1.29, 1.82) is 0 Å². The molecule has 6 heteroatoms. The first kappa shape index (κ1) is 12.8. The van der Waals surface area contributed by atoms with Gasteiger partial charge in [0.1, 0.15) is 11.3 Å². The third-order valence-corrected chi connectivity index (χ3v) is 3.84. The first-order chi connectivity index (χ1) is 9.65. The van der Waals surface area contributed by atoms with Crippen LogP contribution in [0.3, 0.4) is 0 Å². The topological polar surface area (TPSA) is 79.2 Å². The lowest BCUT2D eigenvalue weighted by atomic mass is 9.92. The van der Waals surface area contributed by atoms with Crippen molar-refractivity contribution in [2.45, 2.75) is 25.8 Å². The summed E-state index contributed by atoms with van der Waals surface area (Å²) in [4.78, 5) is 26.1. The van der Waals surface area contributed by atoms with Crippen molar-refractivity contribution >= 4 is 23.0 Å². The summed E-state index contributed by atoms with van der Waals surface area (Å²) in [6, 6.07) is 3.99. The lowest BCUT2D eigenvalue weighted by molar-refractivity contribution is -0.142. The summed E-state index contributed by atoms with van der Waals surface area (Å²) < 4.78 is 0. The number of nitrogens with zero attached hydrogens (tertiary/aromatic N) is 4. The molecule has 0 saturated carbocycles. The van der Waals surface area contributed by atoms with Gasteiger partial charge in [0.2, 0.25) is 0 Å². The van der Waals surface area contributed by atoms with Crippen molar-refractivity contribution in [3.8, 4) is 0 Å². The van der Waals surface area contributed by atoms with E-state index in [2.05, 4.69) is 19.9 Å². The summed E-state index contributed by atoms with van der Waals surface area (Å²) in [6.45, 7) is 2.74. The molecule has 0 radical (unpaired) electrons. The van der Waals surface area contributed by atoms with Crippen LogP contribution in [0.5, 0.6) is 0 Å². The minimum atomic E-state index is -0.700. The molecule has 104 valence electrons. The molecule has 2 aromatic heterocycles. The third kappa shape index (κ3) is 2.29. The molecule has 1 N–H and O–H groups in total. The molecule has 2 aromatic rings. The highest BCUT2D eigenvalue weighted by Crippen LogP contribution is 2.27. The van der Waals surface area contributed by atoms with E-state index in [-0.39, 0.29) is 12.0 Å². The van der Waals surface area contributed by atoms with E-state index in [9.17, 15) is 4.79 Å². The average molecular weight is 272 g/mol. The van der Waals surface area contributed by atoms with Gasteiger partial charge in [0.25, 0.3) is 0 Å². The molecule has 20 heavy (non-hydrogen) atoms. The van der Waals surface area contributed by atoms with Crippen LogP contribution in [0.15, 0.2) is 24.5 Å². The third-order valence-electron chi connectivity index (χ3n) is 3.84. The van der Waals surface area contributed by atoms with Crippen LogP contribution in [0.2, 0.25) is 0 Å². The van der Waals surface area contributed by atoms with Crippen LogP contribution in [-0.2, 0) is 4.79 Å². The average Bonchev–Trinajstić information content (AvgIpc) is 2.46. The molecular weight excluding hydrogens is 256 g/mol. The van der Waals surface area contributed by atoms with Crippen molar-refractivity contribution in [2.24, 2.45) is 5.92 Å². The van der Waals surface area contributed by atoms with Gasteiger partial charge in [-0.2, -0.15) is 0 Å². The number of carboxylic acids is 1. The van der Waals surface area contributed by atoms with Gasteiger partial charge >= 0.3 is 5.97 Å². The Morgan fingerprint density at radius 2 is 2.15 bits per heavy atom. The van der Waals surface area contributed by atoms with Crippen LogP contribution in [0.1, 0.15) is 19.8 Å². The fraction of sp³-hybridized carbons (Fsp3) is 0.429. The summed E-state index contributed by atoms with van der Waals surface area (Å²) in [5, 5.41) is 9.10. The van der Waals surface area contributed by atoms with E-state index in [0.717, 1.165) is 11.3 Å². The zero-order valence-corrected chi connectivity index (χ0v) is 11.2. The fourth-order valence-electron chi connectivity index (χ4n) is 2.74. The molecule has 3 heterocycles. The van der Waals surface area contributed by atoms with Gasteiger partial charge < -0.3 is 10.0 Å². The highest BCUT2D eigenvalue weighted by atomic mass is 16.4. The number of pyridine rings is 1. The molecule has 0 bridgehead atoms. The Kier molecular flexibility index (Phi) is 3.22. The minimum absolute atomic E-state index is 0.159. The lowest BCUT2D eigenvalue weighted by Crippen LogP contribution is -2.43. The van der Waals surface area contributed by atoms with Gasteiger partial charge in [-0.25, -0.2) is 9.97 Å². The molecule has 1 aliphatic heterocycles. The number of aromatic nitrogens is 3. The standard InChI is InChI=1S/C14H16N4O2/c1-9-8-10(14(19)20)4-7-18(9)12-3-2-11-13(17-12)16-6-5-15-11/h2-3,5-6,9-10H,4,7-8H2,1H3,(H,19,20). The van der Waals surface area contributed by atoms with Crippen LogP contribution in [0.4, 0.5) is 5.82 Å². The lowest BCUT2D eigenvalue weighted by Gasteiger charge is -2.37. The van der Waals surface area contributed by atoms with Gasteiger partial charge in [-0.3, -0.25) is 9.78 Å². The number of hydrogen-bond donors (Lipinski definition) is 1. The molecule has 6 nitrogen and oxygen atoms in total. The number of piperidine rings is 1. The maximum Gasteiger partial charge on any atom is 0.306 e. The smallest absolute Gasteiger partial charge is 0.306 e. The Labute approximate surface area is 116 Å². The molecular formula is C14H16N4O2. The van der Waals surface area contributed by atoms with E-state index in [1.54, 1.807) is 12.4 Å². The Morgan fingerprint density at radius 1 is 1.35 bits per heavy atom. The fourth-order valence-corrected chi connectivity index (χ4v) is 2.74. The Bertz CT molecular complexity index is 646. The first-order valence-corrected chi connectivity index (χ1v) is 6.72. The minimum Gasteiger partial charge on any atom is -0.481 e. The monoisotopic (exact) mass is 272 g/mol. The van der Waals surface area contributed by atoms with Crippen LogP contribution in [-0.4, -0.2) is 38.6 Å². The first-order valence-electron chi connectivity index (χ1n) is 6.72. The van der Waals surface area contributed by atoms with Crippen LogP contribution in [0, 0.1) is 5.92 Å². The predicted molar refractivity (Wildman–Crippen MR) is 74.5 cm³/mol. The van der Waals surface area contributed by atoms with Gasteiger partial charge in [0.05, 0.1) is 5.92 Å². The molecule has 1 aliphatic rings. The van der Waals surface area contributed by atoms with Crippen molar-refractivity contribution in [1.82, 2.24) is 15.0 Å². The van der Waals surface area contributed by atoms with E-state index >= 15 is 0 Å². The summed E-state index contributed by atoms with van der Waals surface area (Å²) >= 11 is 0. The number of carbonyl (C=O) groups is 1. The number of carboxylic acid groups (broad SMARTS) is 1. The molecule has 3 rings (SSSR count). The molecule has 0 aliphatic carbocycles. The second kappa shape index (κ2) is 5.03. The van der Waals surface area contributed by atoms with Crippen LogP contribution < -0.4 is 4.90 Å². The largest absolute Gasteiger partial charge is 0.481 e. The maximum atomic E-state index is 11.1. The molecule has 1 saturated heterocycles.